The van der Waals surface area contributed by atoms with Gasteiger partial charge >= 0.3 is 0 Å². The molecule has 23 heavy (non-hydrogen) atoms. The van der Waals surface area contributed by atoms with Gasteiger partial charge in [0.25, 0.3) is 0 Å². The van der Waals surface area contributed by atoms with E-state index in [1.165, 1.54) is 0 Å². The van der Waals surface area contributed by atoms with Crippen LogP contribution in [-0.2, 0) is 4.79 Å². The zero-order chi connectivity index (χ0) is 16.4. The van der Waals surface area contributed by atoms with Gasteiger partial charge in [0.1, 0.15) is 5.75 Å². The second-order valence-corrected chi connectivity index (χ2v) is 6.47. The van der Waals surface area contributed by atoms with Gasteiger partial charge in [-0.2, -0.15) is 0 Å². The summed E-state index contributed by atoms with van der Waals surface area (Å²) in [7, 11) is 0. The van der Waals surface area contributed by atoms with Gasteiger partial charge in [0.05, 0.1) is 6.61 Å². The monoisotopic (exact) mass is 349 g/mol. The molecule has 120 valence electrons. The Balaban J connectivity index is 1.61. The second kappa shape index (κ2) is 6.81. The number of carbonyl (C=O) groups is 1. The van der Waals surface area contributed by atoms with Gasteiger partial charge in [-0.1, -0.05) is 23.2 Å². The first-order valence-corrected chi connectivity index (χ1v) is 8.32. The fraction of sp³-hybridized carbons (Fsp3) is 0.278. The molecule has 0 aromatic heterocycles. The van der Waals surface area contributed by atoms with Crippen LogP contribution < -0.4 is 10.1 Å². The molecule has 3 nitrogen and oxygen atoms in total. The Kier molecular flexibility index (Phi) is 4.79. The van der Waals surface area contributed by atoms with Crippen molar-refractivity contribution >= 4 is 34.8 Å². The molecule has 1 saturated carbocycles. The van der Waals surface area contributed by atoms with Gasteiger partial charge in [-0.3, -0.25) is 4.79 Å². The first-order chi connectivity index (χ1) is 11.1. The number of benzene rings is 2. The van der Waals surface area contributed by atoms with Gasteiger partial charge < -0.3 is 10.1 Å². The Hall–Kier alpha value is -1.71. The zero-order valence-corrected chi connectivity index (χ0v) is 14.2. The molecule has 1 aliphatic rings. The summed E-state index contributed by atoms with van der Waals surface area (Å²) in [5.41, 5.74) is 1.79. The molecule has 0 aliphatic heterocycles. The van der Waals surface area contributed by atoms with E-state index in [-0.39, 0.29) is 17.7 Å². The third-order valence-corrected chi connectivity index (χ3v) is 4.31. The van der Waals surface area contributed by atoms with E-state index in [1.807, 2.05) is 43.3 Å². The molecule has 1 amide bonds. The van der Waals surface area contributed by atoms with Gasteiger partial charge in [-0.25, -0.2) is 0 Å². The summed E-state index contributed by atoms with van der Waals surface area (Å²) in [5.74, 6) is 0.976. The predicted octanol–water partition coefficient (Wildman–Crippen LogP) is 5.13. The van der Waals surface area contributed by atoms with Gasteiger partial charge in [-0.15, -0.1) is 0 Å². The van der Waals surface area contributed by atoms with Crippen LogP contribution in [0, 0.1) is 5.92 Å². The summed E-state index contributed by atoms with van der Waals surface area (Å²) in [6.45, 7) is 2.56. The van der Waals surface area contributed by atoms with E-state index < -0.39 is 0 Å². The van der Waals surface area contributed by atoms with Crippen LogP contribution in [-0.4, -0.2) is 12.5 Å². The van der Waals surface area contributed by atoms with Crippen molar-refractivity contribution in [3.8, 4) is 5.75 Å². The van der Waals surface area contributed by atoms with Gasteiger partial charge in [0, 0.05) is 21.7 Å². The smallest absolute Gasteiger partial charge is 0.228 e. The van der Waals surface area contributed by atoms with Crippen molar-refractivity contribution in [2.75, 3.05) is 11.9 Å². The van der Waals surface area contributed by atoms with Crippen molar-refractivity contribution in [2.24, 2.45) is 5.92 Å². The molecule has 1 N–H and O–H groups in total. The Bertz CT molecular complexity index is 695. The standard InChI is InChI=1S/C18H17Cl2NO2/c1-2-23-15-5-3-14(4-6-15)21-18(22)17-10-16(17)11-7-12(19)9-13(20)8-11/h3-9,16-17H,2,10H2,1H3,(H,21,22)/t16-,17-/m0/s1. The molecule has 0 unspecified atom stereocenters. The highest BCUT2D eigenvalue weighted by atomic mass is 35.5. The highest BCUT2D eigenvalue weighted by Crippen LogP contribution is 2.49. The van der Waals surface area contributed by atoms with Crippen molar-refractivity contribution < 1.29 is 9.53 Å². The molecule has 5 heteroatoms. The van der Waals surface area contributed by atoms with Crippen LogP contribution >= 0.6 is 23.2 Å². The summed E-state index contributed by atoms with van der Waals surface area (Å²) in [6, 6.07) is 12.8. The van der Waals surface area contributed by atoms with Crippen LogP contribution in [0.5, 0.6) is 5.75 Å². The number of anilines is 1. The van der Waals surface area contributed by atoms with E-state index in [0.29, 0.717) is 16.7 Å². The molecule has 2 aromatic carbocycles. The number of hydrogen-bond donors (Lipinski definition) is 1. The molecule has 0 bridgehead atoms. The molecule has 0 saturated heterocycles. The SMILES string of the molecule is CCOc1ccc(NC(=O)[C@H]2C[C@H]2c2cc(Cl)cc(Cl)c2)cc1. The van der Waals surface area contributed by atoms with Crippen molar-refractivity contribution in [1.82, 2.24) is 0 Å². The lowest BCUT2D eigenvalue weighted by molar-refractivity contribution is -0.117. The van der Waals surface area contributed by atoms with E-state index in [4.69, 9.17) is 27.9 Å². The highest BCUT2D eigenvalue weighted by molar-refractivity contribution is 6.34. The van der Waals surface area contributed by atoms with Gasteiger partial charge in [-0.05, 0) is 67.3 Å². The minimum atomic E-state index is -0.0314. The molecule has 0 heterocycles. The minimum absolute atomic E-state index is 0.0234. The molecule has 2 aromatic rings. The van der Waals surface area contributed by atoms with E-state index >= 15 is 0 Å². The average molecular weight is 350 g/mol. The van der Waals surface area contributed by atoms with Crippen LogP contribution in [0.2, 0.25) is 10.0 Å². The predicted molar refractivity (Wildman–Crippen MR) is 93.6 cm³/mol. The summed E-state index contributed by atoms with van der Waals surface area (Å²) >= 11 is 12.0. The third kappa shape index (κ3) is 3.98. The fourth-order valence-corrected chi connectivity index (χ4v) is 3.22. The Morgan fingerprint density at radius 3 is 2.43 bits per heavy atom. The molecular formula is C18H17Cl2NO2. The summed E-state index contributed by atoms with van der Waals surface area (Å²) in [5, 5.41) is 4.15. The summed E-state index contributed by atoms with van der Waals surface area (Å²) < 4.78 is 5.39. The summed E-state index contributed by atoms with van der Waals surface area (Å²) in [4.78, 5) is 12.3. The van der Waals surface area contributed by atoms with E-state index in [2.05, 4.69) is 5.32 Å². The number of amides is 1. The Morgan fingerprint density at radius 2 is 1.83 bits per heavy atom. The van der Waals surface area contributed by atoms with E-state index in [9.17, 15) is 4.79 Å². The number of carbonyl (C=O) groups excluding carboxylic acids is 1. The average Bonchev–Trinajstić information content (AvgIpc) is 3.29. The molecule has 2 atom stereocenters. The molecule has 0 spiro atoms. The van der Waals surface area contributed by atoms with Crippen LogP contribution in [0.4, 0.5) is 5.69 Å². The summed E-state index contributed by atoms with van der Waals surface area (Å²) in [6.07, 6.45) is 0.819. The topological polar surface area (TPSA) is 38.3 Å². The van der Waals surface area contributed by atoms with Crippen molar-refractivity contribution in [1.29, 1.82) is 0 Å². The second-order valence-electron chi connectivity index (χ2n) is 5.60. The van der Waals surface area contributed by atoms with Crippen molar-refractivity contribution in [3.63, 3.8) is 0 Å². The van der Waals surface area contributed by atoms with Gasteiger partial charge in [0.2, 0.25) is 5.91 Å². The maximum absolute atomic E-state index is 12.3. The molecule has 1 fully saturated rings. The minimum Gasteiger partial charge on any atom is -0.494 e. The third-order valence-electron chi connectivity index (χ3n) is 3.87. The van der Waals surface area contributed by atoms with E-state index in [0.717, 1.165) is 23.4 Å². The lowest BCUT2D eigenvalue weighted by Crippen LogP contribution is -2.14. The number of ether oxygens (including phenoxy) is 1. The Labute approximate surface area is 145 Å². The van der Waals surface area contributed by atoms with Gasteiger partial charge in [0.15, 0.2) is 0 Å². The van der Waals surface area contributed by atoms with Crippen LogP contribution in [0.3, 0.4) is 0 Å². The zero-order valence-electron chi connectivity index (χ0n) is 12.7. The van der Waals surface area contributed by atoms with E-state index in [1.54, 1.807) is 6.07 Å². The Morgan fingerprint density at radius 1 is 1.17 bits per heavy atom. The highest BCUT2D eigenvalue weighted by Gasteiger charge is 2.44. The molecule has 3 rings (SSSR count). The largest absolute Gasteiger partial charge is 0.494 e. The van der Waals surface area contributed by atoms with Crippen molar-refractivity contribution in [3.05, 3.63) is 58.1 Å². The molecule has 0 radical (unpaired) electrons. The first kappa shape index (κ1) is 16.2. The van der Waals surface area contributed by atoms with Crippen LogP contribution in [0.25, 0.3) is 0 Å². The van der Waals surface area contributed by atoms with Crippen molar-refractivity contribution in [2.45, 2.75) is 19.3 Å². The number of halogens is 2. The number of hydrogen-bond acceptors (Lipinski definition) is 2. The fourth-order valence-electron chi connectivity index (χ4n) is 2.68. The number of rotatable bonds is 5. The van der Waals surface area contributed by atoms with Crippen LogP contribution in [0.15, 0.2) is 42.5 Å². The molecular weight excluding hydrogens is 333 g/mol. The maximum Gasteiger partial charge on any atom is 0.228 e. The first-order valence-electron chi connectivity index (χ1n) is 7.56. The quantitative estimate of drug-likeness (QED) is 0.811. The van der Waals surface area contributed by atoms with Crippen LogP contribution in [0.1, 0.15) is 24.8 Å². The normalized spacial score (nSPS) is 19.3. The maximum atomic E-state index is 12.3. The molecule has 1 aliphatic carbocycles. The lowest BCUT2D eigenvalue weighted by atomic mass is 10.1. The lowest BCUT2D eigenvalue weighted by Gasteiger charge is -2.07. The number of nitrogens with one attached hydrogen (secondary N) is 1.